The molecule has 184 valence electrons. The van der Waals surface area contributed by atoms with Crippen LogP contribution in [0.5, 0.6) is 0 Å². The summed E-state index contributed by atoms with van der Waals surface area (Å²) in [4.78, 5) is 18.6. The predicted octanol–water partition coefficient (Wildman–Crippen LogP) is 3.85. The zero-order valence-corrected chi connectivity index (χ0v) is 20.4. The molecule has 10 heteroatoms. The number of morpholine rings is 1. The van der Waals surface area contributed by atoms with Gasteiger partial charge in [-0.15, -0.1) is 0 Å². The normalized spacial score (nSPS) is 14.2. The van der Waals surface area contributed by atoms with E-state index in [0.29, 0.717) is 36.3 Å². The van der Waals surface area contributed by atoms with E-state index in [1.807, 2.05) is 42.6 Å². The number of aromatic amines is 1. The number of pyridine rings is 1. The van der Waals surface area contributed by atoms with Gasteiger partial charge in [0.2, 0.25) is 11.7 Å². The zero-order valence-electron chi connectivity index (χ0n) is 20.4. The number of fused-ring (bicyclic) bond motifs is 3. The molecule has 0 amide bonds. The zero-order chi connectivity index (χ0) is 24.5. The van der Waals surface area contributed by atoms with Gasteiger partial charge >= 0.3 is 0 Å². The first kappa shape index (κ1) is 22.4. The molecule has 1 aromatic carbocycles. The highest BCUT2D eigenvalue weighted by molar-refractivity contribution is 6.05. The second-order valence-corrected chi connectivity index (χ2v) is 9.16. The van der Waals surface area contributed by atoms with Crippen LogP contribution in [-0.2, 0) is 11.2 Å². The van der Waals surface area contributed by atoms with Gasteiger partial charge in [0.15, 0.2) is 17.2 Å². The van der Waals surface area contributed by atoms with Gasteiger partial charge in [-0.2, -0.15) is 10.1 Å². The number of hydrogen-bond donors (Lipinski definition) is 2. The second kappa shape index (κ2) is 9.56. The summed E-state index contributed by atoms with van der Waals surface area (Å²) in [6.45, 7) is 3.67. The van der Waals surface area contributed by atoms with Crippen LogP contribution in [0.1, 0.15) is 5.56 Å². The molecule has 0 radical (unpaired) electrons. The lowest BCUT2D eigenvalue weighted by Crippen LogP contribution is -2.37. The summed E-state index contributed by atoms with van der Waals surface area (Å²) in [5.41, 5.74) is 5.05. The first-order valence-corrected chi connectivity index (χ1v) is 12.1. The predicted molar refractivity (Wildman–Crippen MR) is 140 cm³/mol. The van der Waals surface area contributed by atoms with Crippen LogP contribution in [0.25, 0.3) is 33.5 Å². The molecule has 0 spiro atoms. The minimum absolute atomic E-state index is 0.455. The van der Waals surface area contributed by atoms with Gasteiger partial charge in [0.25, 0.3) is 0 Å². The Bertz CT molecular complexity index is 1490. The van der Waals surface area contributed by atoms with E-state index < -0.39 is 0 Å². The average Bonchev–Trinajstić information content (AvgIpc) is 3.52. The van der Waals surface area contributed by atoms with E-state index in [0.717, 1.165) is 59.6 Å². The van der Waals surface area contributed by atoms with Gasteiger partial charge in [0.1, 0.15) is 5.52 Å². The molecule has 36 heavy (non-hydrogen) atoms. The first-order chi connectivity index (χ1) is 17.6. The first-order valence-electron chi connectivity index (χ1n) is 12.1. The number of likely N-dealkylation sites (N-methyl/N-ethyl adjacent to an activating group) is 1. The van der Waals surface area contributed by atoms with Gasteiger partial charge in [-0.05, 0) is 37.7 Å². The monoisotopic (exact) mass is 484 g/mol. The smallest absolute Gasteiger partial charge is 0.231 e. The largest absolute Gasteiger partial charge is 0.432 e. The van der Waals surface area contributed by atoms with Crippen LogP contribution in [0.2, 0.25) is 0 Å². The second-order valence-electron chi connectivity index (χ2n) is 9.16. The molecule has 6 rings (SSSR count). The summed E-state index contributed by atoms with van der Waals surface area (Å²) >= 11 is 0. The van der Waals surface area contributed by atoms with Crippen molar-refractivity contribution in [2.45, 2.75) is 6.42 Å². The molecular formula is C26H28N8O2. The van der Waals surface area contributed by atoms with Crippen LogP contribution in [0, 0.1) is 0 Å². The number of nitrogens with one attached hydrogen (secondary N) is 2. The van der Waals surface area contributed by atoms with Crippen LogP contribution in [0.3, 0.4) is 0 Å². The van der Waals surface area contributed by atoms with Crippen LogP contribution in [-0.4, -0.2) is 77.0 Å². The van der Waals surface area contributed by atoms with E-state index >= 15 is 0 Å². The SMILES string of the molecule is CN(C)CCc1cnc2oc3c(N4CCOCC4)nc(Nc4cc(-c5ccccc5)[nH]n4)nc3c2c1. The number of hydrogen-bond acceptors (Lipinski definition) is 9. The van der Waals surface area contributed by atoms with Gasteiger partial charge < -0.3 is 24.3 Å². The Labute approximate surface area is 208 Å². The summed E-state index contributed by atoms with van der Waals surface area (Å²) in [6, 6.07) is 14.1. The number of benzene rings is 1. The van der Waals surface area contributed by atoms with E-state index in [1.54, 1.807) is 0 Å². The van der Waals surface area contributed by atoms with Crippen molar-refractivity contribution in [2.24, 2.45) is 0 Å². The number of nitrogens with zero attached hydrogens (tertiary/aromatic N) is 6. The fourth-order valence-corrected chi connectivity index (χ4v) is 4.36. The Morgan fingerprint density at radius 2 is 1.92 bits per heavy atom. The Morgan fingerprint density at radius 3 is 2.72 bits per heavy atom. The summed E-state index contributed by atoms with van der Waals surface area (Å²) in [7, 11) is 4.13. The quantitative estimate of drug-likeness (QED) is 0.356. The molecular weight excluding hydrogens is 456 g/mol. The van der Waals surface area contributed by atoms with E-state index in [4.69, 9.17) is 19.1 Å². The van der Waals surface area contributed by atoms with Crippen molar-refractivity contribution in [3.05, 3.63) is 54.2 Å². The lowest BCUT2D eigenvalue weighted by Gasteiger charge is -2.27. The minimum Gasteiger partial charge on any atom is -0.432 e. The molecule has 0 aliphatic carbocycles. The summed E-state index contributed by atoms with van der Waals surface area (Å²) in [6.07, 6.45) is 2.77. The Hall–Kier alpha value is -4.02. The molecule has 0 atom stereocenters. The molecule has 0 bridgehead atoms. The van der Waals surface area contributed by atoms with Crippen LogP contribution < -0.4 is 10.2 Å². The van der Waals surface area contributed by atoms with E-state index in [-0.39, 0.29) is 0 Å². The lowest BCUT2D eigenvalue weighted by atomic mass is 10.1. The van der Waals surface area contributed by atoms with Gasteiger partial charge in [0, 0.05) is 31.9 Å². The standard InChI is InChI=1S/C26H28N8O2/c1-33(2)9-8-17-14-19-22-23(36-25(19)27-16-17)24(34-10-12-35-13-11-34)30-26(29-22)28-21-15-20(31-32-21)18-6-4-3-5-7-18/h3-7,14-16H,8-13H2,1-2H3,(H2,28,29,30,31,32). The molecule has 5 heterocycles. The average molecular weight is 485 g/mol. The van der Waals surface area contributed by atoms with E-state index in [1.165, 1.54) is 0 Å². The summed E-state index contributed by atoms with van der Waals surface area (Å²) in [5.74, 6) is 1.83. The van der Waals surface area contributed by atoms with Gasteiger partial charge in [-0.1, -0.05) is 30.3 Å². The Balaban J connectivity index is 1.41. The molecule has 1 fully saturated rings. The Kier molecular flexibility index (Phi) is 5.96. The van der Waals surface area contributed by atoms with Crippen molar-refractivity contribution in [3.8, 4) is 11.3 Å². The molecule has 1 saturated heterocycles. The number of rotatable bonds is 7. The van der Waals surface area contributed by atoms with Gasteiger partial charge in [-0.25, -0.2) is 9.97 Å². The highest BCUT2D eigenvalue weighted by Gasteiger charge is 2.23. The van der Waals surface area contributed by atoms with Crippen molar-refractivity contribution in [1.82, 2.24) is 30.0 Å². The van der Waals surface area contributed by atoms with Gasteiger partial charge in [-0.3, -0.25) is 5.10 Å². The van der Waals surface area contributed by atoms with E-state index in [2.05, 4.69) is 50.5 Å². The number of anilines is 3. The maximum absolute atomic E-state index is 6.21. The molecule has 0 unspecified atom stereocenters. The lowest BCUT2D eigenvalue weighted by molar-refractivity contribution is 0.122. The molecule has 10 nitrogen and oxygen atoms in total. The van der Waals surface area contributed by atoms with Crippen LogP contribution in [0.15, 0.2) is 53.1 Å². The highest BCUT2D eigenvalue weighted by Crippen LogP contribution is 2.34. The summed E-state index contributed by atoms with van der Waals surface area (Å²) in [5, 5.41) is 11.7. The fraction of sp³-hybridized carbons (Fsp3) is 0.308. The van der Waals surface area contributed by atoms with Crippen LogP contribution in [0.4, 0.5) is 17.6 Å². The maximum atomic E-state index is 6.21. The van der Waals surface area contributed by atoms with E-state index in [9.17, 15) is 0 Å². The molecule has 0 saturated carbocycles. The fourth-order valence-electron chi connectivity index (χ4n) is 4.36. The number of furan rings is 1. The van der Waals surface area contributed by atoms with Crippen LogP contribution >= 0.6 is 0 Å². The molecule has 5 aromatic rings. The highest BCUT2D eigenvalue weighted by atomic mass is 16.5. The number of ether oxygens (including phenoxy) is 1. The third kappa shape index (κ3) is 4.48. The third-order valence-electron chi connectivity index (χ3n) is 6.27. The topological polar surface area (TPSA) is 108 Å². The van der Waals surface area contributed by atoms with Crippen molar-refractivity contribution < 1.29 is 9.15 Å². The number of aromatic nitrogens is 5. The van der Waals surface area contributed by atoms with Gasteiger partial charge in [0.05, 0.1) is 24.3 Å². The molecule has 4 aromatic heterocycles. The van der Waals surface area contributed by atoms with Crippen molar-refractivity contribution in [2.75, 3.05) is 57.2 Å². The number of H-pyrrole nitrogens is 1. The molecule has 1 aliphatic heterocycles. The Morgan fingerprint density at radius 1 is 1.08 bits per heavy atom. The minimum atomic E-state index is 0.455. The third-order valence-corrected chi connectivity index (χ3v) is 6.27. The molecule has 1 aliphatic rings. The maximum Gasteiger partial charge on any atom is 0.231 e. The van der Waals surface area contributed by atoms with Crippen molar-refractivity contribution in [1.29, 1.82) is 0 Å². The van der Waals surface area contributed by atoms with Crippen molar-refractivity contribution >= 4 is 39.8 Å². The molecule has 2 N–H and O–H groups in total. The summed E-state index contributed by atoms with van der Waals surface area (Å²) < 4.78 is 11.8. The van der Waals surface area contributed by atoms with Crippen molar-refractivity contribution in [3.63, 3.8) is 0 Å².